The van der Waals surface area contributed by atoms with Gasteiger partial charge in [-0.05, 0) is 62.4 Å². The number of furan rings is 1. The molecule has 1 fully saturated rings. The minimum atomic E-state index is -0.114. The summed E-state index contributed by atoms with van der Waals surface area (Å²) in [5, 5.41) is 3.91. The summed E-state index contributed by atoms with van der Waals surface area (Å²) in [6.45, 7) is 6.70. The number of amides is 2. The van der Waals surface area contributed by atoms with Gasteiger partial charge in [-0.25, -0.2) is 0 Å². The fourth-order valence-corrected chi connectivity index (χ4v) is 4.48. The van der Waals surface area contributed by atoms with E-state index in [9.17, 15) is 9.59 Å². The van der Waals surface area contributed by atoms with Gasteiger partial charge >= 0.3 is 0 Å². The zero-order valence-electron chi connectivity index (χ0n) is 19.4. The van der Waals surface area contributed by atoms with E-state index >= 15 is 0 Å². The SMILES string of the molecule is Cc1cc(C)cc(C(=O)Nc2ccc(N3CCN(C(=O)c4cc5ccccc5o4)CC3)cc2)c1. The second kappa shape index (κ2) is 9.06. The monoisotopic (exact) mass is 453 g/mol. The van der Waals surface area contributed by atoms with Gasteiger partial charge in [-0.1, -0.05) is 35.4 Å². The summed E-state index contributed by atoms with van der Waals surface area (Å²) in [7, 11) is 0. The number of piperazine rings is 1. The van der Waals surface area contributed by atoms with Crippen molar-refractivity contribution in [1.29, 1.82) is 0 Å². The molecule has 6 heteroatoms. The lowest BCUT2D eigenvalue weighted by Gasteiger charge is -2.35. The predicted octanol–water partition coefficient (Wildman–Crippen LogP) is 5.26. The molecule has 4 aromatic rings. The molecule has 5 rings (SSSR count). The Hall–Kier alpha value is -4.06. The van der Waals surface area contributed by atoms with Gasteiger partial charge in [0.1, 0.15) is 5.58 Å². The summed E-state index contributed by atoms with van der Waals surface area (Å²) in [4.78, 5) is 29.6. The Morgan fingerprint density at radius 3 is 2.18 bits per heavy atom. The molecule has 0 radical (unpaired) electrons. The van der Waals surface area contributed by atoms with Crippen LogP contribution < -0.4 is 10.2 Å². The van der Waals surface area contributed by atoms with Gasteiger partial charge in [0.25, 0.3) is 11.8 Å². The maximum absolute atomic E-state index is 12.9. The number of carbonyl (C=O) groups excluding carboxylic acids is 2. The first kappa shape index (κ1) is 21.8. The van der Waals surface area contributed by atoms with E-state index in [0.29, 0.717) is 24.4 Å². The van der Waals surface area contributed by atoms with Crippen LogP contribution in [0.3, 0.4) is 0 Å². The maximum atomic E-state index is 12.9. The van der Waals surface area contributed by atoms with Crippen molar-refractivity contribution in [2.24, 2.45) is 0 Å². The molecule has 1 N–H and O–H groups in total. The van der Waals surface area contributed by atoms with Crippen LogP contribution in [0.5, 0.6) is 0 Å². The van der Waals surface area contributed by atoms with Crippen molar-refractivity contribution in [2.75, 3.05) is 36.4 Å². The number of fused-ring (bicyclic) bond motifs is 1. The van der Waals surface area contributed by atoms with Crippen molar-refractivity contribution in [2.45, 2.75) is 13.8 Å². The molecular formula is C28H27N3O3. The highest BCUT2D eigenvalue weighted by Crippen LogP contribution is 2.23. The highest BCUT2D eigenvalue weighted by atomic mass is 16.3. The molecule has 0 aliphatic carbocycles. The van der Waals surface area contributed by atoms with Gasteiger partial charge in [0, 0.05) is 48.5 Å². The van der Waals surface area contributed by atoms with Crippen molar-refractivity contribution in [3.63, 3.8) is 0 Å². The molecule has 0 bridgehead atoms. The fourth-order valence-electron chi connectivity index (χ4n) is 4.48. The van der Waals surface area contributed by atoms with Gasteiger partial charge in [-0.2, -0.15) is 0 Å². The van der Waals surface area contributed by atoms with Crippen molar-refractivity contribution < 1.29 is 14.0 Å². The number of benzene rings is 3. The molecule has 1 aromatic heterocycles. The van der Waals surface area contributed by atoms with Crippen LogP contribution in [-0.2, 0) is 0 Å². The molecule has 1 aliphatic heterocycles. The number of nitrogens with zero attached hydrogens (tertiary/aromatic N) is 2. The van der Waals surface area contributed by atoms with E-state index in [1.807, 2.05) is 85.5 Å². The first-order chi connectivity index (χ1) is 16.5. The van der Waals surface area contributed by atoms with Crippen molar-refractivity contribution >= 4 is 34.2 Å². The number of nitrogens with one attached hydrogen (secondary N) is 1. The van der Waals surface area contributed by atoms with Crippen LogP contribution >= 0.6 is 0 Å². The topological polar surface area (TPSA) is 65.8 Å². The van der Waals surface area contributed by atoms with Gasteiger partial charge in [-0.3, -0.25) is 9.59 Å². The Morgan fingerprint density at radius 2 is 1.50 bits per heavy atom. The molecule has 0 unspecified atom stereocenters. The average Bonchev–Trinajstić information content (AvgIpc) is 3.28. The third kappa shape index (κ3) is 4.53. The van der Waals surface area contributed by atoms with Gasteiger partial charge < -0.3 is 19.5 Å². The van der Waals surface area contributed by atoms with Crippen LogP contribution in [0.4, 0.5) is 11.4 Å². The van der Waals surface area contributed by atoms with Gasteiger partial charge in [-0.15, -0.1) is 0 Å². The predicted molar refractivity (Wildman–Crippen MR) is 135 cm³/mol. The Balaban J connectivity index is 1.19. The van der Waals surface area contributed by atoms with Crippen LogP contribution in [0.25, 0.3) is 11.0 Å². The Kier molecular flexibility index (Phi) is 5.80. The number of hydrogen-bond acceptors (Lipinski definition) is 4. The first-order valence-electron chi connectivity index (χ1n) is 11.5. The maximum Gasteiger partial charge on any atom is 0.289 e. The minimum absolute atomic E-state index is 0.0692. The van der Waals surface area contributed by atoms with E-state index in [0.717, 1.165) is 46.6 Å². The fraction of sp³-hybridized carbons (Fsp3) is 0.214. The summed E-state index contributed by atoms with van der Waals surface area (Å²) in [6.07, 6.45) is 0. The average molecular weight is 454 g/mol. The number of carbonyl (C=O) groups is 2. The molecular weight excluding hydrogens is 426 g/mol. The largest absolute Gasteiger partial charge is 0.451 e. The molecule has 172 valence electrons. The normalized spacial score (nSPS) is 13.8. The molecule has 6 nitrogen and oxygen atoms in total. The van der Waals surface area contributed by atoms with Gasteiger partial charge in [0.05, 0.1) is 0 Å². The number of hydrogen-bond donors (Lipinski definition) is 1. The molecule has 34 heavy (non-hydrogen) atoms. The molecule has 2 heterocycles. The number of anilines is 2. The van der Waals surface area contributed by atoms with Crippen LogP contribution in [0.1, 0.15) is 32.0 Å². The lowest BCUT2D eigenvalue weighted by molar-refractivity contribution is 0.0717. The van der Waals surface area contributed by atoms with E-state index in [4.69, 9.17) is 4.42 Å². The third-order valence-electron chi connectivity index (χ3n) is 6.18. The van der Waals surface area contributed by atoms with Crippen molar-refractivity contribution in [1.82, 2.24) is 4.90 Å². The molecule has 1 aliphatic rings. The molecule has 1 saturated heterocycles. The van der Waals surface area contributed by atoms with Crippen molar-refractivity contribution in [3.8, 4) is 0 Å². The Labute approximate surface area is 198 Å². The summed E-state index contributed by atoms with van der Waals surface area (Å²) in [5.41, 5.74) is 5.35. The third-order valence-corrected chi connectivity index (χ3v) is 6.18. The second-order valence-electron chi connectivity index (χ2n) is 8.81. The van der Waals surface area contributed by atoms with E-state index in [-0.39, 0.29) is 11.8 Å². The number of para-hydroxylation sites is 1. The summed E-state index contributed by atoms with van der Waals surface area (Å²) in [6, 6.07) is 23.2. The Morgan fingerprint density at radius 1 is 0.824 bits per heavy atom. The molecule has 0 spiro atoms. The van der Waals surface area contributed by atoms with Crippen LogP contribution in [0.15, 0.2) is 77.2 Å². The van der Waals surface area contributed by atoms with E-state index in [1.54, 1.807) is 0 Å². The van der Waals surface area contributed by atoms with E-state index < -0.39 is 0 Å². The van der Waals surface area contributed by atoms with Gasteiger partial charge in [0.2, 0.25) is 0 Å². The zero-order chi connectivity index (χ0) is 23.7. The highest BCUT2D eigenvalue weighted by molar-refractivity contribution is 6.04. The van der Waals surface area contributed by atoms with E-state index in [1.165, 1.54) is 0 Å². The highest BCUT2D eigenvalue weighted by Gasteiger charge is 2.24. The number of rotatable bonds is 4. The zero-order valence-corrected chi connectivity index (χ0v) is 19.4. The molecule has 0 saturated carbocycles. The van der Waals surface area contributed by atoms with Crippen LogP contribution in [0.2, 0.25) is 0 Å². The quantitative estimate of drug-likeness (QED) is 0.458. The first-order valence-corrected chi connectivity index (χ1v) is 11.5. The molecule has 3 aromatic carbocycles. The smallest absolute Gasteiger partial charge is 0.289 e. The second-order valence-corrected chi connectivity index (χ2v) is 8.81. The molecule has 2 amide bonds. The lowest BCUT2D eigenvalue weighted by atomic mass is 10.1. The standard InChI is InChI=1S/C28H27N3O3/c1-19-15-20(2)17-22(16-19)27(32)29-23-7-9-24(10-8-23)30-11-13-31(14-12-30)28(33)26-18-21-5-3-4-6-25(21)34-26/h3-10,15-18H,11-14H2,1-2H3,(H,29,32). The lowest BCUT2D eigenvalue weighted by Crippen LogP contribution is -2.48. The Bertz CT molecular complexity index is 1300. The van der Waals surface area contributed by atoms with Crippen LogP contribution in [-0.4, -0.2) is 42.9 Å². The van der Waals surface area contributed by atoms with Crippen LogP contribution in [0, 0.1) is 13.8 Å². The molecule has 0 atom stereocenters. The summed E-state index contributed by atoms with van der Waals surface area (Å²) >= 11 is 0. The van der Waals surface area contributed by atoms with Gasteiger partial charge in [0.15, 0.2) is 5.76 Å². The van der Waals surface area contributed by atoms with Crippen molar-refractivity contribution in [3.05, 3.63) is 95.2 Å². The van der Waals surface area contributed by atoms with E-state index in [2.05, 4.69) is 16.3 Å². The summed E-state index contributed by atoms with van der Waals surface area (Å²) < 4.78 is 5.74. The minimum Gasteiger partial charge on any atom is -0.451 e. The summed E-state index contributed by atoms with van der Waals surface area (Å²) in [5.74, 6) is 0.205. The number of aryl methyl sites for hydroxylation is 2.